The number of likely N-dealkylation sites (tertiary alicyclic amines) is 1. The highest BCUT2D eigenvalue weighted by Crippen LogP contribution is 2.51. The lowest BCUT2D eigenvalue weighted by atomic mass is 9.58. The summed E-state index contributed by atoms with van der Waals surface area (Å²) < 4.78 is 6.14. The number of benzene rings is 1. The Kier molecular flexibility index (Phi) is 9.77. The summed E-state index contributed by atoms with van der Waals surface area (Å²) in [7, 11) is -1.05. The number of pyridine rings is 1. The Hall–Kier alpha value is -3.76. The fraction of sp³-hybridized carbons (Fsp3) is 0.455. The van der Waals surface area contributed by atoms with E-state index in [0.717, 1.165) is 28.8 Å². The van der Waals surface area contributed by atoms with Crippen molar-refractivity contribution in [1.29, 1.82) is 0 Å². The van der Waals surface area contributed by atoms with E-state index < -0.39 is 31.0 Å². The normalized spacial score (nSPS) is 23.9. The zero-order valence-electron chi connectivity index (χ0n) is 24.5. The number of imide groups is 1. The van der Waals surface area contributed by atoms with E-state index in [1.54, 1.807) is 18.3 Å². The third kappa shape index (κ3) is 6.75. The van der Waals surface area contributed by atoms with Gasteiger partial charge in [-0.15, -0.1) is 0 Å². The van der Waals surface area contributed by atoms with Crippen LogP contribution in [0.2, 0.25) is 6.32 Å². The highest BCUT2D eigenvalue weighted by Gasteiger charge is 2.56. The standard InChI is InChI=1S/C33H39BN2O7/c1-2-21-19-24-31(33(41)36(32(24)40)17-9-3-4-13-29(38)39)25-20-34(42)43-28(30(21)25)15-14-22(26-11-7-8-16-35-26)18-23-10-5-6-12-27(23)37/h5-8,10-12,16,18,24-25,28,31,37,42H,2-4,9,13-15,17,19-20H2,1H3,(H,38,39)/b22-18-/t24-,25+,28-,31-/m1/s1. The number of carbonyl (C=O) groups excluding carboxylic acids is 2. The van der Waals surface area contributed by atoms with Gasteiger partial charge in [0.15, 0.2) is 0 Å². The van der Waals surface area contributed by atoms with Crippen LogP contribution in [0.3, 0.4) is 0 Å². The monoisotopic (exact) mass is 586 g/mol. The zero-order valence-corrected chi connectivity index (χ0v) is 24.5. The first-order chi connectivity index (χ1) is 20.8. The molecule has 0 bridgehead atoms. The number of rotatable bonds is 12. The van der Waals surface area contributed by atoms with Crippen molar-refractivity contribution in [3.05, 3.63) is 71.1 Å². The summed E-state index contributed by atoms with van der Waals surface area (Å²) >= 11 is 0. The Morgan fingerprint density at radius 2 is 1.86 bits per heavy atom. The number of hydrogen-bond donors (Lipinski definition) is 3. The van der Waals surface area contributed by atoms with Crippen molar-refractivity contribution in [3.8, 4) is 5.75 Å². The summed E-state index contributed by atoms with van der Waals surface area (Å²) in [6.07, 6.45) is 7.61. The van der Waals surface area contributed by atoms with E-state index in [2.05, 4.69) is 11.9 Å². The minimum Gasteiger partial charge on any atom is -0.507 e. The molecule has 2 aromatic rings. The molecule has 1 aromatic carbocycles. The van der Waals surface area contributed by atoms with E-state index in [1.807, 2.05) is 36.4 Å². The highest BCUT2D eigenvalue weighted by molar-refractivity contribution is 6.43. The number of nitrogens with zero attached hydrogens (tertiary/aromatic N) is 2. The van der Waals surface area contributed by atoms with Crippen molar-refractivity contribution in [2.45, 2.75) is 70.7 Å². The number of allylic oxidation sites excluding steroid dienone is 2. The van der Waals surface area contributed by atoms with Crippen molar-refractivity contribution in [2.75, 3.05) is 6.54 Å². The maximum atomic E-state index is 13.7. The molecular weight excluding hydrogens is 547 g/mol. The number of carboxylic acid groups (broad SMARTS) is 1. The lowest BCUT2D eigenvalue weighted by Gasteiger charge is -2.43. The molecule has 0 spiro atoms. The number of aliphatic carboxylic acids is 1. The van der Waals surface area contributed by atoms with E-state index in [4.69, 9.17) is 9.76 Å². The first-order valence-electron chi connectivity index (χ1n) is 15.3. The van der Waals surface area contributed by atoms with Crippen LogP contribution in [0.15, 0.2) is 59.8 Å². The molecule has 4 atom stereocenters. The molecule has 1 aliphatic carbocycles. The van der Waals surface area contributed by atoms with Gasteiger partial charge in [0.1, 0.15) is 5.75 Å². The molecule has 3 heterocycles. The molecule has 9 nitrogen and oxygen atoms in total. The van der Waals surface area contributed by atoms with Gasteiger partial charge < -0.3 is 19.9 Å². The largest absolute Gasteiger partial charge is 0.507 e. The summed E-state index contributed by atoms with van der Waals surface area (Å²) in [6, 6.07) is 12.8. The van der Waals surface area contributed by atoms with Crippen molar-refractivity contribution >= 4 is 36.6 Å². The van der Waals surface area contributed by atoms with Gasteiger partial charge in [-0.3, -0.25) is 24.3 Å². The number of para-hydroxylation sites is 1. The van der Waals surface area contributed by atoms with Gasteiger partial charge in [0, 0.05) is 24.7 Å². The molecular formula is C33H39BN2O7. The first kappa shape index (κ1) is 30.7. The molecule has 1 aromatic heterocycles. The lowest BCUT2D eigenvalue weighted by molar-refractivity contribution is -0.141. The number of carboxylic acids is 1. The fourth-order valence-corrected chi connectivity index (χ4v) is 7.02. The average molecular weight is 586 g/mol. The molecule has 10 heteroatoms. The molecule has 2 aliphatic heterocycles. The molecule has 2 saturated heterocycles. The molecule has 0 saturated carbocycles. The molecule has 0 unspecified atom stereocenters. The van der Waals surface area contributed by atoms with Crippen LogP contribution < -0.4 is 0 Å². The molecule has 43 heavy (non-hydrogen) atoms. The lowest BCUT2D eigenvalue weighted by Crippen LogP contribution is -2.46. The summed E-state index contributed by atoms with van der Waals surface area (Å²) in [4.78, 5) is 43.9. The van der Waals surface area contributed by atoms with Crippen LogP contribution in [-0.4, -0.2) is 62.7 Å². The van der Waals surface area contributed by atoms with Gasteiger partial charge in [0.2, 0.25) is 11.8 Å². The number of unbranched alkanes of at least 4 members (excludes halogenated alkanes) is 2. The van der Waals surface area contributed by atoms with Crippen LogP contribution in [0, 0.1) is 17.8 Å². The molecule has 5 rings (SSSR count). The van der Waals surface area contributed by atoms with Gasteiger partial charge in [-0.1, -0.05) is 43.2 Å². The van der Waals surface area contributed by atoms with Gasteiger partial charge in [0.05, 0.1) is 23.6 Å². The number of phenols is 1. The minimum atomic E-state index is -1.05. The fourth-order valence-electron chi connectivity index (χ4n) is 7.02. The van der Waals surface area contributed by atoms with Crippen molar-refractivity contribution in [1.82, 2.24) is 9.88 Å². The topological polar surface area (TPSA) is 137 Å². The third-order valence-corrected chi connectivity index (χ3v) is 9.03. The molecule has 2 amide bonds. The Morgan fingerprint density at radius 1 is 1.07 bits per heavy atom. The Bertz CT molecular complexity index is 1410. The Balaban J connectivity index is 1.37. The molecule has 2 fully saturated rings. The Morgan fingerprint density at radius 3 is 2.58 bits per heavy atom. The second-order valence-electron chi connectivity index (χ2n) is 11.7. The second-order valence-corrected chi connectivity index (χ2v) is 11.7. The number of aromatic hydroxyl groups is 1. The van der Waals surface area contributed by atoms with Crippen LogP contribution in [-0.2, 0) is 19.0 Å². The van der Waals surface area contributed by atoms with E-state index in [-0.39, 0.29) is 36.2 Å². The number of hydrogen-bond acceptors (Lipinski definition) is 7. The average Bonchev–Trinajstić information content (AvgIpc) is 3.24. The molecule has 3 aliphatic rings. The maximum Gasteiger partial charge on any atom is 0.455 e. The van der Waals surface area contributed by atoms with Crippen molar-refractivity contribution < 1.29 is 34.3 Å². The Labute approximate surface area is 252 Å². The van der Waals surface area contributed by atoms with Gasteiger partial charge in [-0.2, -0.15) is 0 Å². The number of phenolic OH excluding ortho intramolecular Hbond substituents is 1. The number of amides is 2. The molecule has 0 radical (unpaired) electrons. The predicted octanol–water partition coefficient (Wildman–Crippen LogP) is 4.96. The minimum absolute atomic E-state index is 0.0748. The van der Waals surface area contributed by atoms with E-state index >= 15 is 0 Å². The number of fused-ring (bicyclic) bond motifs is 3. The maximum absolute atomic E-state index is 13.7. The van der Waals surface area contributed by atoms with E-state index in [9.17, 15) is 24.5 Å². The van der Waals surface area contributed by atoms with Crippen LogP contribution in [0.25, 0.3) is 11.6 Å². The first-order valence-corrected chi connectivity index (χ1v) is 15.3. The number of carbonyl (C=O) groups is 3. The van der Waals surface area contributed by atoms with Gasteiger partial charge in [-0.05, 0) is 86.2 Å². The summed E-state index contributed by atoms with van der Waals surface area (Å²) in [5.74, 6) is -2.26. The predicted molar refractivity (Wildman–Crippen MR) is 162 cm³/mol. The number of aromatic nitrogens is 1. The smallest absolute Gasteiger partial charge is 0.455 e. The van der Waals surface area contributed by atoms with Crippen LogP contribution in [0.4, 0.5) is 0 Å². The van der Waals surface area contributed by atoms with Gasteiger partial charge in [-0.25, -0.2) is 0 Å². The third-order valence-electron chi connectivity index (χ3n) is 9.03. The van der Waals surface area contributed by atoms with Gasteiger partial charge >= 0.3 is 13.1 Å². The summed E-state index contributed by atoms with van der Waals surface area (Å²) in [5, 5.41) is 30.2. The van der Waals surface area contributed by atoms with Crippen LogP contribution >= 0.6 is 0 Å². The van der Waals surface area contributed by atoms with Crippen LogP contribution in [0.1, 0.15) is 69.5 Å². The van der Waals surface area contributed by atoms with Crippen molar-refractivity contribution in [3.63, 3.8) is 0 Å². The van der Waals surface area contributed by atoms with Crippen LogP contribution in [0.5, 0.6) is 5.75 Å². The SMILES string of the molecule is CCC1=C2[C@@H](CC/C(=C/c3ccccc3O)c3ccccn3)OB(O)C[C@@H]2[C@@H]2C(=O)N(CCCCCC(=O)O)C(=O)[C@@H]2C1. The second kappa shape index (κ2) is 13.7. The molecule has 226 valence electrons. The quantitative estimate of drug-likeness (QED) is 0.137. The summed E-state index contributed by atoms with van der Waals surface area (Å²) in [6.45, 7) is 2.35. The molecule has 3 N–H and O–H groups in total. The van der Waals surface area contributed by atoms with Crippen molar-refractivity contribution in [2.24, 2.45) is 17.8 Å². The van der Waals surface area contributed by atoms with E-state index in [1.165, 1.54) is 4.90 Å². The highest BCUT2D eigenvalue weighted by atomic mass is 16.5. The summed E-state index contributed by atoms with van der Waals surface area (Å²) in [5.41, 5.74) is 4.54. The van der Waals surface area contributed by atoms with E-state index in [0.29, 0.717) is 50.6 Å². The zero-order chi connectivity index (χ0) is 30.5. The van der Waals surface area contributed by atoms with Gasteiger partial charge in [0.25, 0.3) is 0 Å².